The van der Waals surface area contributed by atoms with Gasteiger partial charge < -0.3 is 19.8 Å². The fourth-order valence-corrected chi connectivity index (χ4v) is 2.77. The first-order valence-corrected chi connectivity index (χ1v) is 10.2. The van der Waals surface area contributed by atoms with Gasteiger partial charge in [-0.3, -0.25) is 0 Å². The zero-order chi connectivity index (χ0) is 19.1. The van der Waals surface area contributed by atoms with Crippen LogP contribution in [-0.4, -0.2) is 19.8 Å². The maximum atomic E-state index is 10.3. The Morgan fingerprint density at radius 1 is 0.833 bits per heavy atom. The summed E-state index contributed by atoms with van der Waals surface area (Å²) in [6.07, 6.45) is 3.34. The minimum Gasteiger partial charge on any atom is -0.508 e. The minimum atomic E-state index is -4.64. The van der Waals surface area contributed by atoms with Gasteiger partial charge in [-0.05, 0) is 54.2 Å². The van der Waals surface area contributed by atoms with Gasteiger partial charge in [-0.25, -0.2) is 4.57 Å². The van der Waals surface area contributed by atoms with E-state index < -0.39 is 7.82 Å². The maximum Gasteiger partial charge on any atom is 0.466 e. The van der Waals surface area contributed by atoms with Crippen LogP contribution < -0.4 is 0 Å². The summed E-state index contributed by atoms with van der Waals surface area (Å²) in [5, 5.41) is 10.3. The first-order chi connectivity index (χ1) is 11.0. The Kier molecular flexibility index (Phi) is 9.83. The molecule has 1 rings (SSSR count). The van der Waals surface area contributed by atoms with E-state index in [0.29, 0.717) is 23.5 Å². The number of phosphoric acid groups is 1. The van der Waals surface area contributed by atoms with Crippen LogP contribution in [0.2, 0.25) is 0 Å². The highest BCUT2D eigenvalue weighted by Crippen LogP contribution is 2.41. The van der Waals surface area contributed by atoms with Crippen LogP contribution in [0.15, 0.2) is 12.1 Å². The summed E-state index contributed by atoms with van der Waals surface area (Å²) in [7, 11) is -4.64. The van der Waals surface area contributed by atoms with Crippen LogP contribution in [0.3, 0.4) is 0 Å². The second-order valence-electron chi connectivity index (χ2n) is 6.44. The Balaban J connectivity index is 0.000000922. The van der Waals surface area contributed by atoms with Crippen LogP contribution in [0.1, 0.15) is 95.2 Å². The predicted molar refractivity (Wildman–Crippen MR) is 98.5 cm³/mol. The summed E-state index contributed by atoms with van der Waals surface area (Å²) in [5.41, 5.74) is 4.03. The highest BCUT2D eigenvalue weighted by atomic mass is 31.2. The number of phenols is 1. The highest BCUT2D eigenvalue weighted by molar-refractivity contribution is 7.45. The predicted octanol–water partition coefficient (Wildman–Crippen LogP) is 5.00. The van der Waals surface area contributed by atoms with E-state index in [-0.39, 0.29) is 0 Å². The Hall–Kier alpha value is -0.870. The molecule has 3 atom stereocenters. The molecule has 0 bridgehead atoms. The smallest absolute Gasteiger partial charge is 0.466 e. The van der Waals surface area contributed by atoms with Gasteiger partial charge >= 0.3 is 7.82 Å². The molecule has 1 aromatic carbocycles. The molecule has 6 heteroatoms. The molecule has 0 radical (unpaired) electrons. The van der Waals surface area contributed by atoms with Gasteiger partial charge in [0.1, 0.15) is 5.75 Å². The molecule has 3 unspecified atom stereocenters. The number of phenolic OH excluding ortho intramolecular Hbond substituents is 1. The second kappa shape index (κ2) is 10.2. The number of rotatable bonds is 6. The monoisotopic (exact) mass is 360 g/mol. The standard InChI is InChI=1S/C18H30O.H3O4P/c1-7-12(4)15-10-11-16(19)18(14(6)9-3)17(15)13(5)8-2;1-5(2,3)4/h10-14,19H,7-9H2,1-6H3;(H3,1,2,3,4). The van der Waals surface area contributed by atoms with Gasteiger partial charge in [-0.15, -0.1) is 0 Å². The molecule has 0 saturated carbocycles. The SMILES string of the molecule is CCC(C)c1ccc(O)c(C(C)CC)c1C(C)CC.O=P(O)(O)O. The van der Waals surface area contributed by atoms with Crippen LogP contribution in [0.5, 0.6) is 5.75 Å². The lowest BCUT2D eigenvalue weighted by Crippen LogP contribution is -2.09. The normalized spacial score (nSPS) is 15.2. The number of hydrogen-bond donors (Lipinski definition) is 4. The van der Waals surface area contributed by atoms with E-state index in [0.717, 1.165) is 19.3 Å². The molecule has 24 heavy (non-hydrogen) atoms. The number of hydrogen-bond acceptors (Lipinski definition) is 2. The van der Waals surface area contributed by atoms with Crippen molar-refractivity contribution in [1.82, 2.24) is 0 Å². The van der Waals surface area contributed by atoms with E-state index in [4.69, 9.17) is 19.2 Å². The first kappa shape index (κ1) is 23.1. The molecule has 0 amide bonds. The van der Waals surface area contributed by atoms with E-state index in [9.17, 15) is 5.11 Å². The molecule has 1 aromatic rings. The maximum absolute atomic E-state index is 10.3. The topological polar surface area (TPSA) is 98.0 Å². The van der Waals surface area contributed by atoms with E-state index in [2.05, 4.69) is 47.6 Å². The van der Waals surface area contributed by atoms with Crippen molar-refractivity contribution < 1.29 is 24.4 Å². The molecule has 0 aromatic heterocycles. The molecule has 0 saturated heterocycles. The molecule has 0 fully saturated rings. The molecule has 0 aliphatic carbocycles. The zero-order valence-corrected chi connectivity index (χ0v) is 16.5. The zero-order valence-electron chi connectivity index (χ0n) is 15.7. The summed E-state index contributed by atoms with van der Waals surface area (Å²) in [6.45, 7) is 13.5. The lowest BCUT2D eigenvalue weighted by atomic mass is 9.79. The van der Waals surface area contributed by atoms with Crippen LogP contribution in [0.25, 0.3) is 0 Å². The number of aromatic hydroxyl groups is 1. The van der Waals surface area contributed by atoms with Gasteiger partial charge in [-0.1, -0.05) is 47.6 Å². The van der Waals surface area contributed by atoms with Gasteiger partial charge in [-0.2, -0.15) is 0 Å². The summed E-state index contributed by atoms with van der Waals surface area (Å²) in [6, 6.07) is 4.03. The van der Waals surface area contributed by atoms with E-state index >= 15 is 0 Å². The van der Waals surface area contributed by atoms with Crippen LogP contribution >= 0.6 is 7.82 Å². The fraction of sp³-hybridized carbons (Fsp3) is 0.667. The first-order valence-electron chi connectivity index (χ1n) is 8.61. The average molecular weight is 360 g/mol. The van der Waals surface area contributed by atoms with Gasteiger partial charge in [0, 0.05) is 5.56 Å². The van der Waals surface area contributed by atoms with Crippen molar-refractivity contribution in [2.45, 2.75) is 78.6 Å². The quantitative estimate of drug-likeness (QED) is 0.535. The summed E-state index contributed by atoms with van der Waals surface area (Å²) < 4.78 is 8.88. The highest BCUT2D eigenvalue weighted by Gasteiger charge is 2.22. The van der Waals surface area contributed by atoms with E-state index in [1.165, 1.54) is 16.7 Å². The Labute approximate surface area is 146 Å². The molecule has 0 heterocycles. The molecular weight excluding hydrogens is 327 g/mol. The third kappa shape index (κ3) is 7.35. The lowest BCUT2D eigenvalue weighted by molar-refractivity contribution is 0.275. The Bertz CT molecular complexity index is 544. The van der Waals surface area contributed by atoms with Crippen LogP contribution in [0.4, 0.5) is 0 Å². The van der Waals surface area contributed by atoms with Gasteiger partial charge in [0.25, 0.3) is 0 Å². The molecular formula is C18H33O5P. The largest absolute Gasteiger partial charge is 0.508 e. The van der Waals surface area contributed by atoms with Crippen molar-refractivity contribution in [3.63, 3.8) is 0 Å². The summed E-state index contributed by atoms with van der Waals surface area (Å²) in [4.78, 5) is 21.6. The van der Waals surface area contributed by atoms with Gasteiger partial charge in [0.05, 0.1) is 0 Å². The second-order valence-corrected chi connectivity index (χ2v) is 7.47. The Morgan fingerprint density at radius 3 is 1.58 bits per heavy atom. The van der Waals surface area contributed by atoms with Gasteiger partial charge in [0.15, 0.2) is 0 Å². The number of benzene rings is 1. The minimum absolute atomic E-state index is 0.424. The molecule has 0 spiro atoms. The van der Waals surface area contributed by atoms with Crippen LogP contribution in [0, 0.1) is 0 Å². The summed E-state index contributed by atoms with van der Waals surface area (Å²) >= 11 is 0. The van der Waals surface area contributed by atoms with Crippen molar-refractivity contribution in [3.8, 4) is 5.75 Å². The van der Waals surface area contributed by atoms with Crippen molar-refractivity contribution in [3.05, 3.63) is 28.8 Å². The lowest BCUT2D eigenvalue weighted by Gasteiger charge is -2.26. The average Bonchev–Trinajstić information content (AvgIpc) is 2.50. The molecule has 4 N–H and O–H groups in total. The molecule has 0 aliphatic heterocycles. The molecule has 140 valence electrons. The van der Waals surface area contributed by atoms with Gasteiger partial charge in [0.2, 0.25) is 0 Å². The van der Waals surface area contributed by atoms with Crippen LogP contribution in [-0.2, 0) is 4.57 Å². The molecule has 5 nitrogen and oxygen atoms in total. The van der Waals surface area contributed by atoms with Crippen molar-refractivity contribution in [1.29, 1.82) is 0 Å². The van der Waals surface area contributed by atoms with Crippen molar-refractivity contribution in [2.24, 2.45) is 0 Å². The molecule has 0 aliphatic rings. The van der Waals surface area contributed by atoms with E-state index in [1.54, 1.807) is 0 Å². The fourth-order valence-electron chi connectivity index (χ4n) is 2.77. The van der Waals surface area contributed by atoms with E-state index in [1.807, 2.05) is 6.07 Å². The third-order valence-electron chi connectivity index (χ3n) is 4.65. The van der Waals surface area contributed by atoms with Crippen molar-refractivity contribution >= 4 is 7.82 Å². The third-order valence-corrected chi connectivity index (χ3v) is 4.65. The van der Waals surface area contributed by atoms with Crippen molar-refractivity contribution in [2.75, 3.05) is 0 Å². The summed E-state index contributed by atoms with van der Waals surface area (Å²) in [5.74, 6) is 1.98. The Morgan fingerprint density at radius 2 is 1.21 bits per heavy atom.